The molecule has 0 aromatic heterocycles. The van der Waals surface area contributed by atoms with Gasteiger partial charge in [-0.15, -0.1) is 0 Å². The first-order valence-corrected chi connectivity index (χ1v) is 13.1. The number of hydrogen-bond acceptors (Lipinski definition) is 2. The van der Waals surface area contributed by atoms with Crippen molar-refractivity contribution in [2.24, 2.45) is 0 Å². The number of rotatable bonds is 21. The number of hydrogen-bond donors (Lipinski definition) is 2. The lowest BCUT2D eigenvalue weighted by Gasteiger charge is -2.13. The van der Waals surface area contributed by atoms with Crippen molar-refractivity contribution in [3.8, 4) is 0 Å². The van der Waals surface area contributed by atoms with Gasteiger partial charge in [-0.25, -0.2) is 0 Å². The second kappa shape index (κ2) is 18.7. The molecule has 182 valence electrons. The van der Waals surface area contributed by atoms with Crippen LogP contribution >= 0.6 is 0 Å². The Bertz CT molecular complexity index is 626. The Morgan fingerprint density at radius 3 is 1.62 bits per heavy atom. The molecule has 1 unspecified atom stereocenters. The molecular formula is C28H46O4. The topological polar surface area (TPSA) is 74.6 Å². The molecule has 2 N–H and O–H groups in total. The Morgan fingerprint density at radius 2 is 1.19 bits per heavy atom. The summed E-state index contributed by atoms with van der Waals surface area (Å²) in [5, 5.41) is 18.6. The first kappa shape index (κ1) is 28.2. The summed E-state index contributed by atoms with van der Waals surface area (Å²) in [7, 11) is 0. The zero-order valence-electron chi connectivity index (χ0n) is 20.3. The number of carboxylic acids is 2. The molecule has 4 nitrogen and oxygen atoms in total. The third-order valence-corrected chi connectivity index (χ3v) is 6.35. The highest BCUT2D eigenvalue weighted by atomic mass is 16.4. The predicted octanol–water partition coefficient (Wildman–Crippen LogP) is 8.13. The maximum absolute atomic E-state index is 11.7. The van der Waals surface area contributed by atoms with Crippen LogP contribution in [0.5, 0.6) is 0 Å². The van der Waals surface area contributed by atoms with Crippen molar-refractivity contribution >= 4 is 11.9 Å². The normalized spacial score (nSPS) is 12.0. The van der Waals surface area contributed by atoms with E-state index in [0.717, 1.165) is 18.4 Å². The molecule has 1 rings (SSSR count). The highest BCUT2D eigenvalue weighted by molar-refractivity contribution is 5.76. The molecule has 0 aliphatic rings. The quantitative estimate of drug-likeness (QED) is 0.187. The third-order valence-electron chi connectivity index (χ3n) is 6.35. The van der Waals surface area contributed by atoms with E-state index in [1.165, 1.54) is 89.9 Å². The van der Waals surface area contributed by atoms with Crippen LogP contribution < -0.4 is 0 Å². The molecule has 4 heteroatoms. The summed E-state index contributed by atoms with van der Waals surface area (Å²) in [4.78, 5) is 22.6. The zero-order chi connectivity index (χ0) is 23.4. The summed E-state index contributed by atoms with van der Waals surface area (Å²) in [6.45, 7) is 2.27. The fourth-order valence-corrected chi connectivity index (χ4v) is 4.42. The van der Waals surface area contributed by atoms with Gasteiger partial charge in [-0.3, -0.25) is 9.59 Å². The summed E-state index contributed by atoms with van der Waals surface area (Å²) in [5.41, 5.74) is 1.38. The van der Waals surface area contributed by atoms with Crippen LogP contribution in [-0.4, -0.2) is 22.2 Å². The van der Waals surface area contributed by atoms with Gasteiger partial charge in [0.15, 0.2) is 0 Å². The third kappa shape index (κ3) is 14.3. The number of benzene rings is 1. The van der Waals surface area contributed by atoms with Gasteiger partial charge in [0.05, 0.1) is 12.3 Å². The lowest BCUT2D eigenvalue weighted by molar-refractivity contribution is -0.139. The van der Waals surface area contributed by atoms with Crippen LogP contribution in [0.4, 0.5) is 0 Å². The molecule has 0 amide bonds. The minimum atomic E-state index is -0.896. The second-order valence-electron chi connectivity index (χ2n) is 9.30. The van der Waals surface area contributed by atoms with Gasteiger partial charge in [-0.2, -0.15) is 0 Å². The van der Waals surface area contributed by atoms with Gasteiger partial charge >= 0.3 is 11.9 Å². The molecule has 0 aliphatic carbocycles. The van der Waals surface area contributed by atoms with Crippen molar-refractivity contribution in [2.45, 2.75) is 128 Å². The molecule has 0 saturated heterocycles. The molecule has 32 heavy (non-hydrogen) atoms. The maximum atomic E-state index is 11.7. The molecule has 0 aliphatic heterocycles. The summed E-state index contributed by atoms with van der Waals surface area (Å²) < 4.78 is 0. The predicted molar refractivity (Wildman–Crippen MR) is 132 cm³/mol. The Kier molecular flexibility index (Phi) is 16.5. The van der Waals surface area contributed by atoms with E-state index >= 15 is 0 Å². The standard InChI is InChI=1S/C28H46O4/c1-2-3-4-5-6-7-8-9-10-11-12-13-14-15-16-17-21-26(28(31)32)25-20-18-19-24(22-25)23-27(29)30/h18-20,22,26H,2-17,21,23H2,1H3,(H,29,30)(H,31,32). The fourth-order valence-electron chi connectivity index (χ4n) is 4.42. The van der Waals surface area contributed by atoms with Crippen LogP contribution in [0.2, 0.25) is 0 Å². The molecule has 1 atom stereocenters. The van der Waals surface area contributed by atoms with Crippen LogP contribution in [0.1, 0.15) is 133 Å². The largest absolute Gasteiger partial charge is 0.481 e. The van der Waals surface area contributed by atoms with Gasteiger partial charge in [0.1, 0.15) is 0 Å². The molecule has 0 saturated carbocycles. The van der Waals surface area contributed by atoms with E-state index < -0.39 is 17.9 Å². The molecule has 1 aromatic rings. The first-order chi connectivity index (χ1) is 15.5. The average molecular weight is 447 g/mol. The van der Waals surface area contributed by atoms with E-state index in [4.69, 9.17) is 5.11 Å². The molecule has 0 radical (unpaired) electrons. The van der Waals surface area contributed by atoms with Gasteiger partial charge < -0.3 is 10.2 Å². The van der Waals surface area contributed by atoms with Gasteiger partial charge in [-0.1, -0.05) is 134 Å². The number of unbranched alkanes of at least 4 members (excludes halogenated alkanes) is 15. The summed E-state index contributed by atoms with van der Waals surface area (Å²) >= 11 is 0. The van der Waals surface area contributed by atoms with Crippen molar-refractivity contribution in [1.29, 1.82) is 0 Å². The molecule has 0 bridgehead atoms. The van der Waals surface area contributed by atoms with Crippen molar-refractivity contribution in [3.05, 3.63) is 35.4 Å². The smallest absolute Gasteiger partial charge is 0.310 e. The minimum absolute atomic E-state index is 0.0702. The van der Waals surface area contributed by atoms with E-state index in [1.807, 2.05) is 0 Å². The van der Waals surface area contributed by atoms with Gasteiger partial charge in [0, 0.05) is 0 Å². The number of aliphatic carboxylic acids is 2. The molecule has 1 aromatic carbocycles. The monoisotopic (exact) mass is 446 g/mol. The van der Waals surface area contributed by atoms with E-state index in [2.05, 4.69) is 6.92 Å². The maximum Gasteiger partial charge on any atom is 0.310 e. The first-order valence-electron chi connectivity index (χ1n) is 13.1. The van der Waals surface area contributed by atoms with Crippen molar-refractivity contribution in [1.82, 2.24) is 0 Å². The summed E-state index contributed by atoms with van der Waals surface area (Å²) in [6, 6.07) is 7.04. The van der Waals surface area contributed by atoms with Crippen LogP contribution in [0.3, 0.4) is 0 Å². The van der Waals surface area contributed by atoms with Gasteiger partial charge in [0.25, 0.3) is 0 Å². The molecule has 0 spiro atoms. The highest BCUT2D eigenvalue weighted by Gasteiger charge is 2.19. The van der Waals surface area contributed by atoms with Crippen LogP contribution in [-0.2, 0) is 16.0 Å². The Labute approximate surface area is 195 Å². The number of carboxylic acid groups (broad SMARTS) is 2. The van der Waals surface area contributed by atoms with E-state index in [9.17, 15) is 14.7 Å². The molecular weight excluding hydrogens is 400 g/mol. The Hall–Kier alpha value is -1.84. The number of carbonyl (C=O) groups is 2. The van der Waals surface area contributed by atoms with E-state index in [0.29, 0.717) is 12.0 Å². The van der Waals surface area contributed by atoms with Gasteiger partial charge in [-0.05, 0) is 17.5 Å². The van der Waals surface area contributed by atoms with Crippen LogP contribution in [0.15, 0.2) is 24.3 Å². The lowest BCUT2D eigenvalue weighted by atomic mass is 9.91. The Morgan fingerprint density at radius 1 is 0.719 bits per heavy atom. The Balaban J connectivity index is 2.05. The average Bonchev–Trinajstić information content (AvgIpc) is 2.75. The molecule has 0 heterocycles. The van der Waals surface area contributed by atoms with Crippen molar-refractivity contribution in [2.75, 3.05) is 0 Å². The highest BCUT2D eigenvalue weighted by Crippen LogP contribution is 2.24. The minimum Gasteiger partial charge on any atom is -0.481 e. The summed E-state index contributed by atoms with van der Waals surface area (Å²) in [6.07, 6.45) is 21.4. The fraction of sp³-hybridized carbons (Fsp3) is 0.714. The van der Waals surface area contributed by atoms with E-state index in [1.54, 1.807) is 24.3 Å². The SMILES string of the molecule is CCCCCCCCCCCCCCCCCCC(C(=O)O)c1cccc(CC(=O)O)c1. The molecule has 0 fully saturated rings. The van der Waals surface area contributed by atoms with Crippen LogP contribution in [0.25, 0.3) is 0 Å². The lowest BCUT2D eigenvalue weighted by Crippen LogP contribution is -2.12. The van der Waals surface area contributed by atoms with Crippen LogP contribution in [0, 0.1) is 0 Å². The van der Waals surface area contributed by atoms with Crippen molar-refractivity contribution < 1.29 is 19.8 Å². The second-order valence-corrected chi connectivity index (χ2v) is 9.30. The zero-order valence-corrected chi connectivity index (χ0v) is 20.3. The van der Waals surface area contributed by atoms with Gasteiger partial charge in [0.2, 0.25) is 0 Å². The van der Waals surface area contributed by atoms with E-state index in [-0.39, 0.29) is 6.42 Å². The van der Waals surface area contributed by atoms with Crippen molar-refractivity contribution in [3.63, 3.8) is 0 Å². The summed E-state index contributed by atoms with van der Waals surface area (Å²) in [5.74, 6) is -2.26.